The Morgan fingerprint density at radius 3 is 2.75 bits per heavy atom. The summed E-state index contributed by atoms with van der Waals surface area (Å²) in [6.07, 6.45) is 0. The predicted molar refractivity (Wildman–Crippen MR) is 110 cm³/mol. The largest absolute Gasteiger partial charge is 0.478 e. The van der Waals surface area contributed by atoms with Crippen LogP contribution in [0.2, 0.25) is 0 Å². The lowest BCUT2D eigenvalue weighted by atomic mass is 10.1. The molecule has 0 bridgehead atoms. The summed E-state index contributed by atoms with van der Waals surface area (Å²) in [6.45, 7) is 9.05. The first-order valence-electron chi connectivity index (χ1n) is 9.36. The van der Waals surface area contributed by atoms with Crippen LogP contribution < -0.4 is 4.74 Å². The van der Waals surface area contributed by atoms with E-state index in [4.69, 9.17) is 20.9 Å². The number of carboxylic acids is 1. The number of aromatic nitrogens is 6. The highest BCUT2D eigenvalue weighted by molar-refractivity contribution is 5.97. The second-order valence-corrected chi connectivity index (χ2v) is 6.80. The molecule has 11 heteroatoms. The zero-order chi connectivity index (χ0) is 22.2. The van der Waals surface area contributed by atoms with E-state index < -0.39 is 5.97 Å². The number of aromatic carboxylic acids is 1. The quantitative estimate of drug-likeness (QED) is 0.419. The maximum absolute atomic E-state index is 11.2. The molecule has 0 saturated carbocycles. The topological polar surface area (TPSA) is 133 Å². The first kappa shape index (κ1) is 19.1. The molecule has 0 unspecified atom stereocenters. The van der Waals surface area contributed by atoms with Crippen molar-refractivity contribution in [1.82, 2.24) is 30.0 Å². The van der Waals surface area contributed by atoms with Crippen molar-refractivity contribution in [3.05, 3.63) is 70.9 Å². The fourth-order valence-electron chi connectivity index (χ4n) is 3.26. The van der Waals surface area contributed by atoms with Crippen LogP contribution >= 0.6 is 0 Å². The molecule has 0 aliphatic heterocycles. The van der Waals surface area contributed by atoms with E-state index in [1.54, 1.807) is 13.0 Å². The van der Waals surface area contributed by atoms with Crippen LogP contribution in [0.5, 0.6) is 5.88 Å². The van der Waals surface area contributed by atoms with Gasteiger partial charge in [-0.2, -0.15) is 9.50 Å². The van der Waals surface area contributed by atoms with Crippen molar-refractivity contribution in [2.75, 3.05) is 0 Å². The highest BCUT2D eigenvalue weighted by Crippen LogP contribution is 2.30. The van der Waals surface area contributed by atoms with Crippen molar-refractivity contribution in [1.29, 1.82) is 0 Å². The minimum atomic E-state index is -1.10. The Hall–Kier alpha value is -4.85. The lowest BCUT2D eigenvalue weighted by Crippen LogP contribution is -2.04. The Bertz CT molecular complexity index is 1550. The van der Waals surface area contributed by atoms with Crippen molar-refractivity contribution in [2.24, 2.45) is 0 Å². The number of hydrogen-bond acceptors (Lipinski definition) is 8. The number of rotatable bonds is 5. The Morgan fingerprint density at radius 1 is 1.22 bits per heavy atom. The van der Waals surface area contributed by atoms with E-state index in [1.165, 1.54) is 16.6 Å². The van der Waals surface area contributed by atoms with Gasteiger partial charge in [0.25, 0.3) is 0 Å². The molecule has 0 saturated heterocycles. The smallest absolute Gasteiger partial charge is 0.334 e. The Balaban J connectivity index is 1.59. The number of carboxylic acid groups (broad SMARTS) is 1. The molecule has 0 amide bonds. The van der Waals surface area contributed by atoms with Crippen molar-refractivity contribution >= 4 is 28.1 Å². The summed E-state index contributed by atoms with van der Waals surface area (Å²) in [7, 11) is 0. The molecule has 5 rings (SSSR count). The van der Waals surface area contributed by atoms with Crippen molar-refractivity contribution < 1.29 is 19.2 Å². The summed E-state index contributed by atoms with van der Waals surface area (Å²) in [6, 6.07) is 11.7. The number of aryl methyl sites for hydroxylation is 1. The Labute approximate surface area is 179 Å². The minimum Gasteiger partial charge on any atom is -0.478 e. The van der Waals surface area contributed by atoms with Gasteiger partial charge in [0.15, 0.2) is 11.3 Å². The molecular formula is C21H13N7O4. The molecule has 3 aromatic heterocycles. The third-order valence-corrected chi connectivity index (χ3v) is 4.77. The molecule has 0 aliphatic rings. The van der Waals surface area contributed by atoms with Gasteiger partial charge in [0.1, 0.15) is 6.61 Å². The molecule has 0 fully saturated rings. The van der Waals surface area contributed by atoms with E-state index in [-0.39, 0.29) is 29.6 Å². The lowest BCUT2D eigenvalue weighted by molar-refractivity contribution is 0.0697. The fourth-order valence-corrected chi connectivity index (χ4v) is 3.26. The zero-order valence-electron chi connectivity index (χ0n) is 16.6. The highest BCUT2D eigenvalue weighted by atomic mass is 16.5. The molecule has 156 valence electrons. The summed E-state index contributed by atoms with van der Waals surface area (Å²) in [5, 5.41) is 27.4. The van der Waals surface area contributed by atoms with E-state index in [1.807, 2.05) is 24.3 Å². The number of benzene rings is 2. The third kappa shape index (κ3) is 3.16. The number of ether oxygens (including phenoxy) is 1. The van der Waals surface area contributed by atoms with Gasteiger partial charge in [-0.1, -0.05) is 29.4 Å². The fraction of sp³-hybridized carbons (Fsp3) is 0.0952. The summed E-state index contributed by atoms with van der Waals surface area (Å²) >= 11 is 0. The van der Waals surface area contributed by atoms with Crippen LogP contribution in [0.3, 0.4) is 0 Å². The summed E-state index contributed by atoms with van der Waals surface area (Å²) in [4.78, 5) is 18.8. The van der Waals surface area contributed by atoms with Crippen LogP contribution in [0, 0.1) is 13.5 Å². The van der Waals surface area contributed by atoms with Crippen LogP contribution in [0.15, 0.2) is 47.0 Å². The van der Waals surface area contributed by atoms with Crippen LogP contribution in [-0.2, 0) is 6.61 Å². The van der Waals surface area contributed by atoms with E-state index in [9.17, 15) is 4.79 Å². The van der Waals surface area contributed by atoms with Crippen molar-refractivity contribution in [3.8, 4) is 17.5 Å². The number of fused-ring (bicyclic) bond motifs is 3. The molecular weight excluding hydrogens is 414 g/mol. The monoisotopic (exact) mass is 427 g/mol. The van der Waals surface area contributed by atoms with Crippen LogP contribution in [0.1, 0.15) is 21.8 Å². The number of nitrogens with zero attached hydrogens (tertiary/aromatic N) is 7. The zero-order valence-corrected chi connectivity index (χ0v) is 16.6. The van der Waals surface area contributed by atoms with Gasteiger partial charge in [-0.25, -0.2) is 9.64 Å². The Morgan fingerprint density at radius 2 is 2.03 bits per heavy atom. The van der Waals surface area contributed by atoms with Gasteiger partial charge in [-0.05, 0) is 23.8 Å². The molecule has 32 heavy (non-hydrogen) atoms. The first-order chi connectivity index (χ1) is 15.5. The average Bonchev–Trinajstić information content (AvgIpc) is 3.43. The maximum Gasteiger partial charge on any atom is 0.334 e. The van der Waals surface area contributed by atoms with E-state index >= 15 is 0 Å². The SMILES string of the molecule is [C-]#[N+]c1cc(C(=O)O)ccc1COc1nn2c(-c3noc(C)n3)nnc2c2ccccc12. The lowest BCUT2D eigenvalue weighted by Gasteiger charge is -2.11. The van der Waals surface area contributed by atoms with E-state index in [2.05, 4.69) is 30.3 Å². The average molecular weight is 427 g/mol. The van der Waals surface area contributed by atoms with Gasteiger partial charge < -0.3 is 14.4 Å². The molecule has 0 atom stereocenters. The normalized spacial score (nSPS) is 11.0. The summed E-state index contributed by atoms with van der Waals surface area (Å²) < 4.78 is 12.5. The maximum atomic E-state index is 11.2. The Kier molecular flexibility index (Phi) is 4.45. The van der Waals surface area contributed by atoms with Gasteiger partial charge in [-0.15, -0.1) is 15.3 Å². The molecule has 2 aromatic carbocycles. The van der Waals surface area contributed by atoms with Gasteiger partial charge >= 0.3 is 5.97 Å². The first-order valence-corrected chi connectivity index (χ1v) is 9.36. The standard InChI is InChI=1S/C21H13N7O4/c1-11-23-17(27-32-11)19-25-24-18-14-5-3-4-6-15(14)20(26-28(18)19)31-10-13-8-7-12(21(29)30)9-16(13)22-2/h3-9H,10H2,1H3,(H,29,30). The van der Waals surface area contributed by atoms with Crippen LogP contribution in [0.25, 0.3) is 32.9 Å². The van der Waals surface area contributed by atoms with E-state index in [0.717, 1.165) is 5.39 Å². The van der Waals surface area contributed by atoms with Crippen LogP contribution in [-0.4, -0.2) is 41.0 Å². The number of carbonyl (C=O) groups is 1. The van der Waals surface area contributed by atoms with Crippen LogP contribution in [0.4, 0.5) is 5.69 Å². The highest BCUT2D eigenvalue weighted by Gasteiger charge is 2.19. The minimum absolute atomic E-state index is 0.0128. The van der Waals surface area contributed by atoms with Crippen molar-refractivity contribution in [3.63, 3.8) is 0 Å². The van der Waals surface area contributed by atoms with Gasteiger partial charge in [-0.3, -0.25) is 0 Å². The second kappa shape index (κ2) is 7.44. The van der Waals surface area contributed by atoms with Gasteiger partial charge in [0.05, 0.1) is 6.57 Å². The van der Waals surface area contributed by atoms with E-state index in [0.29, 0.717) is 28.3 Å². The second-order valence-electron chi connectivity index (χ2n) is 6.80. The molecule has 0 radical (unpaired) electrons. The summed E-state index contributed by atoms with van der Waals surface area (Å²) in [5.74, 6) is 0.0961. The summed E-state index contributed by atoms with van der Waals surface area (Å²) in [5.41, 5.74) is 1.27. The number of hydrogen-bond donors (Lipinski definition) is 1. The molecule has 11 nitrogen and oxygen atoms in total. The molecule has 1 N–H and O–H groups in total. The molecule has 3 heterocycles. The van der Waals surface area contributed by atoms with Crippen molar-refractivity contribution in [2.45, 2.75) is 13.5 Å². The van der Waals surface area contributed by atoms with Gasteiger partial charge in [0, 0.05) is 23.3 Å². The third-order valence-electron chi connectivity index (χ3n) is 4.77. The molecule has 5 aromatic rings. The molecule has 0 aliphatic carbocycles. The van der Waals surface area contributed by atoms with Gasteiger partial charge in [0.2, 0.25) is 23.4 Å². The molecule has 0 spiro atoms. The predicted octanol–water partition coefficient (Wildman–Crippen LogP) is 3.46.